The van der Waals surface area contributed by atoms with Gasteiger partial charge in [0.05, 0.1) is 27.5 Å². The minimum atomic E-state index is 0.540. The highest BCUT2D eigenvalue weighted by Gasteiger charge is 2.22. The van der Waals surface area contributed by atoms with Crippen LogP contribution in [0.3, 0.4) is 0 Å². The summed E-state index contributed by atoms with van der Waals surface area (Å²) in [5.41, 5.74) is 1.98. The van der Waals surface area contributed by atoms with E-state index in [-0.39, 0.29) is 0 Å². The number of hydrogen-bond acceptors (Lipinski definition) is 2. The highest BCUT2D eigenvalue weighted by molar-refractivity contribution is 9.11. The first-order valence-electron chi connectivity index (χ1n) is 6.64. The Morgan fingerprint density at radius 1 is 1.20 bits per heavy atom. The van der Waals surface area contributed by atoms with Crippen LogP contribution in [0.2, 0.25) is 5.02 Å². The molecule has 3 rings (SSSR count). The normalized spacial score (nSPS) is 16.0. The molecule has 1 aromatic heterocycles. The van der Waals surface area contributed by atoms with E-state index in [1.165, 1.54) is 25.7 Å². The summed E-state index contributed by atoms with van der Waals surface area (Å²) in [6.45, 7) is 0. The van der Waals surface area contributed by atoms with E-state index in [1.54, 1.807) is 7.11 Å². The zero-order valence-electron chi connectivity index (χ0n) is 11.0. The quantitative estimate of drug-likeness (QED) is 0.589. The Bertz CT molecular complexity index is 669. The molecule has 2 aromatic rings. The zero-order chi connectivity index (χ0) is 14.3. The third-order valence-corrected chi connectivity index (χ3v) is 5.38. The van der Waals surface area contributed by atoms with Gasteiger partial charge >= 0.3 is 0 Å². The van der Waals surface area contributed by atoms with Crippen LogP contribution in [-0.2, 0) is 0 Å². The minimum Gasteiger partial charge on any atom is -0.495 e. The van der Waals surface area contributed by atoms with Crippen molar-refractivity contribution < 1.29 is 4.74 Å². The van der Waals surface area contributed by atoms with E-state index in [9.17, 15) is 0 Å². The average molecular weight is 420 g/mol. The first-order valence-corrected chi connectivity index (χ1v) is 8.60. The molecule has 0 amide bonds. The third kappa shape index (κ3) is 2.46. The molecule has 0 aliphatic heterocycles. The molecule has 106 valence electrons. The molecule has 0 spiro atoms. The maximum atomic E-state index is 6.51. The van der Waals surface area contributed by atoms with Gasteiger partial charge in [0.1, 0.15) is 5.75 Å². The summed E-state index contributed by atoms with van der Waals surface area (Å²) < 4.78 is 7.27. The van der Waals surface area contributed by atoms with Gasteiger partial charge in [0.15, 0.2) is 0 Å². The number of halogens is 3. The van der Waals surface area contributed by atoms with Gasteiger partial charge in [-0.3, -0.25) is 4.98 Å². The maximum Gasteiger partial charge on any atom is 0.144 e. The van der Waals surface area contributed by atoms with Crippen molar-refractivity contribution in [3.05, 3.63) is 31.8 Å². The van der Waals surface area contributed by atoms with Crippen LogP contribution in [0.15, 0.2) is 21.1 Å². The SMILES string of the molecule is COc1c(Br)cc(Br)c2nc(C3CCCC3)cc(Cl)c12. The average Bonchev–Trinajstić information content (AvgIpc) is 2.94. The van der Waals surface area contributed by atoms with Crippen molar-refractivity contribution >= 4 is 54.4 Å². The van der Waals surface area contributed by atoms with Gasteiger partial charge in [-0.25, -0.2) is 0 Å². The molecular formula is C15H14Br2ClNO. The summed E-state index contributed by atoms with van der Waals surface area (Å²) in [4.78, 5) is 4.84. The molecule has 0 N–H and O–H groups in total. The van der Waals surface area contributed by atoms with Crippen molar-refractivity contribution in [2.24, 2.45) is 0 Å². The number of pyridine rings is 1. The van der Waals surface area contributed by atoms with E-state index in [4.69, 9.17) is 21.3 Å². The van der Waals surface area contributed by atoms with E-state index in [0.29, 0.717) is 10.9 Å². The number of aromatic nitrogens is 1. The Labute approximate surface area is 140 Å². The number of ether oxygens (including phenoxy) is 1. The Morgan fingerprint density at radius 3 is 2.55 bits per heavy atom. The summed E-state index contributed by atoms with van der Waals surface area (Å²) in [6.07, 6.45) is 4.99. The van der Waals surface area contributed by atoms with Crippen LogP contribution in [-0.4, -0.2) is 12.1 Å². The Morgan fingerprint density at radius 2 is 1.90 bits per heavy atom. The fourth-order valence-corrected chi connectivity index (χ4v) is 4.62. The second kappa shape index (κ2) is 5.82. The van der Waals surface area contributed by atoms with Gasteiger partial charge in [0.25, 0.3) is 0 Å². The highest BCUT2D eigenvalue weighted by Crippen LogP contribution is 2.43. The largest absolute Gasteiger partial charge is 0.495 e. The summed E-state index contributed by atoms with van der Waals surface area (Å²) >= 11 is 13.6. The Kier molecular flexibility index (Phi) is 4.25. The van der Waals surface area contributed by atoms with Gasteiger partial charge in [-0.2, -0.15) is 0 Å². The lowest BCUT2D eigenvalue weighted by atomic mass is 10.0. The zero-order valence-corrected chi connectivity index (χ0v) is 15.0. The van der Waals surface area contributed by atoms with Crippen LogP contribution in [0.5, 0.6) is 5.75 Å². The van der Waals surface area contributed by atoms with Crippen molar-refractivity contribution in [3.63, 3.8) is 0 Å². The first-order chi connectivity index (χ1) is 9.61. The van der Waals surface area contributed by atoms with E-state index in [0.717, 1.165) is 31.3 Å². The van der Waals surface area contributed by atoms with Crippen molar-refractivity contribution in [1.29, 1.82) is 0 Å². The van der Waals surface area contributed by atoms with Crippen molar-refractivity contribution in [3.8, 4) is 5.75 Å². The topological polar surface area (TPSA) is 22.1 Å². The van der Waals surface area contributed by atoms with E-state index < -0.39 is 0 Å². The van der Waals surface area contributed by atoms with Gasteiger partial charge in [-0.05, 0) is 56.8 Å². The minimum absolute atomic E-state index is 0.540. The summed E-state index contributed by atoms with van der Waals surface area (Å²) in [5.74, 6) is 1.28. The Hall–Kier alpha value is -0.320. The lowest BCUT2D eigenvalue weighted by molar-refractivity contribution is 0.417. The van der Waals surface area contributed by atoms with Gasteiger partial charge in [-0.1, -0.05) is 24.4 Å². The molecule has 5 heteroatoms. The smallest absolute Gasteiger partial charge is 0.144 e. The molecule has 2 nitrogen and oxygen atoms in total. The molecule has 1 aromatic carbocycles. The highest BCUT2D eigenvalue weighted by atomic mass is 79.9. The number of nitrogens with zero attached hydrogens (tertiary/aromatic N) is 1. The van der Waals surface area contributed by atoms with Gasteiger partial charge in [-0.15, -0.1) is 0 Å². The molecule has 1 aliphatic carbocycles. The molecule has 1 saturated carbocycles. The second-order valence-electron chi connectivity index (χ2n) is 5.11. The lowest BCUT2D eigenvalue weighted by Crippen LogP contribution is -1.99. The molecule has 0 bridgehead atoms. The molecule has 0 saturated heterocycles. The van der Waals surface area contributed by atoms with Crippen molar-refractivity contribution in [2.75, 3.05) is 7.11 Å². The summed E-state index contributed by atoms with van der Waals surface area (Å²) in [6, 6.07) is 3.96. The molecular weight excluding hydrogens is 405 g/mol. The van der Waals surface area contributed by atoms with Crippen LogP contribution in [0.1, 0.15) is 37.3 Å². The number of benzene rings is 1. The molecule has 0 radical (unpaired) electrons. The van der Waals surface area contributed by atoms with E-state index >= 15 is 0 Å². The maximum absolute atomic E-state index is 6.51. The second-order valence-corrected chi connectivity index (χ2v) is 7.22. The Balaban J connectivity index is 2.26. The van der Waals surface area contributed by atoms with Gasteiger partial charge in [0, 0.05) is 16.1 Å². The lowest BCUT2D eigenvalue weighted by Gasteiger charge is -2.15. The molecule has 1 aliphatic rings. The van der Waals surface area contributed by atoms with Crippen LogP contribution < -0.4 is 4.74 Å². The molecule has 0 atom stereocenters. The summed E-state index contributed by atoms with van der Waals surface area (Å²) in [5, 5.41) is 1.56. The number of rotatable bonds is 2. The molecule has 20 heavy (non-hydrogen) atoms. The van der Waals surface area contributed by atoms with Crippen LogP contribution in [0.25, 0.3) is 10.9 Å². The van der Waals surface area contributed by atoms with Crippen LogP contribution >= 0.6 is 43.5 Å². The molecule has 0 unspecified atom stereocenters. The van der Waals surface area contributed by atoms with Crippen LogP contribution in [0.4, 0.5) is 0 Å². The number of methoxy groups -OCH3 is 1. The van der Waals surface area contributed by atoms with Crippen LogP contribution in [0, 0.1) is 0 Å². The first kappa shape index (κ1) is 14.6. The standard InChI is InChI=1S/C15H14Br2ClNO/c1-20-15-10(17)6-9(16)14-13(15)11(18)7-12(19-14)8-4-2-3-5-8/h6-8H,2-5H2,1H3. The van der Waals surface area contributed by atoms with E-state index in [1.807, 2.05) is 12.1 Å². The van der Waals surface area contributed by atoms with Gasteiger partial charge in [0.2, 0.25) is 0 Å². The molecule has 1 heterocycles. The predicted octanol–water partition coefficient (Wildman–Crippen LogP) is 6.08. The molecule has 1 fully saturated rings. The van der Waals surface area contributed by atoms with Crippen molar-refractivity contribution in [1.82, 2.24) is 4.98 Å². The number of hydrogen-bond donors (Lipinski definition) is 0. The predicted molar refractivity (Wildman–Crippen MR) is 89.9 cm³/mol. The fraction of sp³-hybridized carbons (Fsp3) is 0.400. The monoisotopic (exact) mass is 417 g/mol. The third-order valence-electron chi connectivity index (χ3n) is 3.89. The van der Waals surface area contributed by atoms with Gasteiger partial charge < -0.3 is 4.74 Å². The fourth-order valence-electron chi connectivity index (χ4n) is 2.92. The summed E-state index contributed by atoms with van der Waals surface area (Å²) in [7, 11) is 1.65. The number of fused-ring (bicyclic) bond motifs is 1. The van der Waals surface area contributed by atoms with E-state index in [2.05, 4.69) is 31.9 Å². The van der Waals surface area contributed by atoms with Crippen molar-refractivity contribution in [2.45, 2.75) is 31.6 Å².